The number of carbonyl (C=O) groups excluding carboxylic acids is 1. The monoisotopic (exact) mass is 261 g/mol. The normalized spacial score (nSPS) is 18.0. The molecule has 4 nitrogen and oxygen atoms in total. The summed E-state index contributed by atoms with van der Waals surface area (Å²) >= 11 is 0. The lowest BCUT2D eigenvalue weighted by molar-refractivity contribution is -0.184. The third-order valence-corrected chi connectivity index (χ3v) is 2.62. The van der Waals surface area contributed by atoms with Crippen LogP contribution in [0.3, 0.4) is 0 Å². The molecule has 0 atom stereocenters. The molecule has 1 aromatic rings. The van der Waals surface area contributed by atoms with Crippen LogP contribution in [-0.4, -0.2) is 30.4 Å². The minimum Gasteiger partial charge on any atom is -0.380 e. The van der Waals surface area contributed by atoms with Crippen LogP contribution in [0.15, 0.2) is 24.3 Å². The van der Waals surface area contributed by atoms with Crippen molar-refractivity contribution >= 4 is 11.6 Å². The first-order valence-electron chi connectivity index (χ1n) is 5.10. The first-order chi connectivity index (χ1) is 8.31. The van der Waals surface area contributed by atoms with E-state index in [9.17, 15) is 23.1 Å². The van der Waals surface area contributed by atoms with Crippen molar-refractivity contribution in [3.05, 3.63) is 29.8 Å². The Morgan fingerprint density at radius 3 is 2.22 bits per heavy atom. The Bertz CT molecular complexity index is 452. The Kier molecular flexibility index (Phi) is 3.04. The maximum atomic E-state index is 12.0. The fraction of sp³-hybridized carbons (Fsp3) is 0.364. The van der Waals surface area contributed by atoms with Crippen molar-refractivity contribution in [2.75, 3.05) is 18.5 Å². The van der Waals surface area contributed by atoms with Gasteiger partial charge in [-0.1, -0.05) is 12.1 Å². The molecule has 0 aromatic heterocycles. The maximum absolute atomic E-state index is 12.0. The van der Waals surface area contributed by atoms with Crippen molar-refractivity contribution in [3.63, 3.8) is 0 Å². The summed E-state index contributed by atoms with van der Waals surface area (Å²) in [4.78, 5) is 10.7. The highest BCUT2D eigenvalue weighted by atomic mass is 19.4. The average molecular weight is 261 g/mol. The molecule has 0 spiro atoms. The molecule has 1 amide bonds. The Hall–Kier alpha value is -1.60. The number of alkyl halides is 3. The zero-order valence-electron chi connectivity index (χ0n) is 9.12. The molecule has 0 aliphatic carbocycles. The summed E-state index contributed by atoms with van der Waals surface area (Å²) < 4.78 is 40.9. The third kappa shape index (κ3) is 2.46. The number of halogens is 3. The minimum absolute atomic E-state index is 0.0184. The van der Waals surface area contributed by atoms with E-state index in [0.29, 0.717) is 5.56 Å². The summed E-state index contributed by atoms with van der Waals surface area (Å²) in [6.45, 7) is 0.308. The summed E-state index contributed by atoms with van der Waals surface area (Å²) in [5, 5.41) is 11.6. The molecular weight excluding hydrogens is 251 g/mol. The van der Waals surface area contributed by atoms with Gasteiger partial charge in [-0.05, 0) is 17.7 Å². The van der Waals surface area contributed by atoms with E-state index in [0.717, 1.165) is 0 Å². The smallest absolute Gasteiger partial charge is 0.380 e. The number of amides is 1. The average Bonchev–Trinajstić information content (AvgIpc) is 2.25. The molecule has 1 aliphatic heterocycles. The molecule has 1 aromatic carbocycles. The zero-order valence-corrected chi connectivity index (χ0v) is 9.12. The van der Waals surface area contributed by atoms with Gasteiger partial charge in [0.1, 0.15) is 5.60 Å². The Morgan fingerprint density at radius 1 is 1.28 bits per heavy atom. The number of rotatable bonds is 2. The number of hydrogen-bond donors (Lipinski definition) is 2. The van der Waals surface area contributed by atoms with Crippen LogP contribution in [-0.2, 0) is 15.1 Å². The lowest BCUT2D eigenvalue weighted by Crippen LogP contribution is -2.46. The number of hydrogen-bond acceptors (Lipinski definition) is 3. The first kappa shape index (κ1) is 12.8. The SMILES string of the molecule is O=C(Nc1ccc(C2(O)COC2)cc1)C(F)(F)F. The van der Waals surface area contributed by atoms with Gasteiger partial charge in [-0.25, -0.2) is 0 Å². The van der Waals surface area contributed by atoms with Crippen LogP contribution in [0.2, 0.25) is 0 Å². The molecule has 1 aliphatic rings. The molecule has 2 N–H and O–H groups in total. The molecule has 0 saturated carbocycles. The molecule has 1 heterocycles. The van der Waals surface area contributed by atoms with Gasteiger partial charge in [0.25, 0.3) is 0 Å². The Labute approximate surface area is 100 Å². The van der Waals surface area contributed by atoms with Crippen molar-refractivity contribution in [2.45, 2.75) is 11.8 Å². The fourth-order valence-corrected chi connectivity index (χ4v) is 1.53. The van der Waals surface area contributed by atoms with E-state index < -0.39 is 17.7 Å². The second kappa shape index (κ2) is 4.25. The van der Waals surface area contributed by atoms with Gasteiger partial charge in [0, 0.05) is 5.69 Å². The quantitative estimate of drug-likeness (QED) is 0.846. The van der Waals surface area contributed by atoms with E-state index >= 15 is 0 Å². The lowest BCUT2D eigenvalue weighted by atomic mass is 9.92. The highest BCUT2D eigenvalue weighted by Crippen LogP contribution is 2.30. The van der Waals surface area contributed by atoms with Gasteiger partial charge in [-0.2, -0.15) is 13.2 Å². The molecular formula is C11H10F3NO3. The van der Waals surface area contributed by atoms with E-state index in [1.807, 2.05) is 0 Å². The molecule has 0 unspecified atom stereocenters. The van der Waals surface area contributed by atoms with Crippen molar-refractivity contribution in [2.24, 2.45) is 0 Å². The number of nitrogens with one attached hydrogen (secondary N) is 1. The van der Waals surface area contributed by atoms with E-state index in [-0.39, 0.29) is 18.9 Å². The van der Waals surface area contributed by atoms with Crippen LogP contribution in [0.1, 0.15) is 5.56 Å². The van der Waals surface area contributed by atoms with Crippen LogP contribution in [0.5, 0.6) is 0 Å². The molecule has 0 radical (unpaired) electrons. The van der Waals surface area contributed by atoms with Gasteiger partial charge >= 0.3 is 12.1 Å². The van der Waals surface area contributed by atoms with Crippen molar-refractivity contribution in [1.29, 1.82) is 0 Å². The Morgan fingerprint density at radius 2 is 1.83 bits per heavy atom. The van der Waals surface area contributed by atoms with Crippen LogP contribution in [0.4, 0.5) is 18.9 Å². The topological polar surface area (TPSA) is 58.6 Å². The lowest BCUT2D eigenvalue weighted by Gasteiger charge is -2.36. The van der Waals surface area contributed by atoms with Gasteiger partial charge in [0.2, 0.25) is 0 Å². The predicted molar refractivity (Wildman–Crippen MR) is 55.8 cm³/mol. The Balaban J connectivity index is 2.06. The van der Waals surface area contributed by atoms with Gasteiger partial charge in [-0.3, -0.25) is 4.79 Å². The van der Waals surface area contributed by atoms with Gasteiger partial charge in [0.05, 0.1) is 13.2 Å². The summed E-state index contributed by atoms with van der Waals surface area (Å²) in [7, 11) is 0. The highest BCUT2D eigenvalue weighted by molar-refractivity contribution is 5.94. The summed E-state index contributed by atoms with van der Waals surface area (Å²) in [5.74, 6) is -2.03. The molecule has 1 saturated heterocycles. The van der Waals surface area contributed by atoms with Gasteiger partial charge in [0.15, 0.2) is 0 Å². The molecule has 98 valence electrons. The summed E-state index contributed by atoms with van der Waals surface area (Å²) in [6.07, 6.45) is -4.92. The molecule has 1 fully saturated rings. The number of aliphatic hydroxyl groups is 1. The van der Waals surface area contributed by atoms with Crippen LogP contribution in [0.25, 0.3) is 0 Å². The van der Waals surface area contributed by atoms with E-state index in [2.05, 4.69) is 0 Å². The highest BCUT2D eigenvalue weighted by Gasteiger charge is 2.39. The zero-order chi connectivity index (χ0) is 13.4. The van der Waals surface area contributed by atoms with Crippen LogP contribution < -0.4 is 5.32 Å². The number of anilines is 1. The summed E-state index contributed by atoms with van der Waals surface area (Å²) in [5.41, 5.74) is -0.518. The molecule has 0 bridgehead atoms. The predicted octanol–water partition coefficient (Wildman–Crippen LogP) is 1.41. The largest absolute Gasteiger partial charge is 0.471 e. The third-order valence-electron chi connectivity index (χ3n) is 2.62. The van der Waals surface area contributed by atoms with E-state index in [1.54, 1.807) is 5.32 Å². The second-order valence-electron chi connectivity index (χ2n) is 4.05. The van der Waals surface area contributed by atoms with Crippen molar-refractivity contribution in [3.8, 4) is 0 Å². The maximum Gasteiger partial charge on any atom is 0.471 e. The van der Waals surface area contributed by atoms with Crippen molar-refractivity contribution in [1.82, 2.24) is 0 Å². The second-order valence-corrected chi connectivity index (χ2v) is 4.05. The number of carbonyl (C=O) groups is 1. The molecule has 7 heteroatoms. The first-order valence-corrected chi connectivity index (χ1v) is 5.10. The molecule has 2 rings (SSSR count). The van der Waals surface area contributed by atoms with Crippen molar-refractivity contribution < 1.29 is 27.8 Å². The van der Waals surface area contributed by atoms with Crippen LogP contribution in [0, 0.1) is 0 Å². The number of benzene rings is 1. The van der Waals surface area contributed by atoms with Gasteiger partial charge < -0.3 is 15.2 Å². The van der Waals surface area contributed by atoms with E-state index in [4.69, 9.17) is 4.74 Å². The fourth-order valence-electron chi connectivity index (χ4n) is 1.53. The van der Waals surface area contributed by atoms with Gasteiger partial charge in [-0.15, -0.1) is 0 Å². The summed E-state index contributed by atoms with van der Waals surface area (Å²) in [6, 6.07) is 5.51. The molecule has 18 heavy (non-hydrogen) atoms. The number of ether oxygens (including phenoxy) is 1. The van der Waals surface area contributed by atoms with Crippen LogP contribution >= 0.6 is 0 Å². The minimum atomic E-state index is -4.92. The van der Waals surface area contributed by atoms with E-state index in [1.165, 1.54) is 24.3 Å². The standard InChI is InChI=1S/C11H10F3NO3/c12-11(13,14)9(16)15-8-3-1-7(2-4-8)10(17)5-18-6-10/h1-4,17H,5-6H2,(H,15,16).